The molecule has 0 spiro atoms. The van der Waals surface area contributed by atoms with Gasteiger partial charge in [0.15, 0.2) is 0 Å². The predicted molar refractivity (Wildman–Crippen MR) is 74.6 cm³/mol. The van der Waals surface area contributed by atoms with Crippen LogP contribution in [0.5, 0.6) is 0 Å². The molecule has 0 aromatic heterocycles. The Hall–Kier alpha value is -0.860. The smallest absolute Gasteiger partial charge is 0.368 e. The van der Waals surface area contributed by atoms with Gasteiger partial charge in [-0.15, -0.1) is 0 Å². The fourth-order valence-electron chi connectivity index (χ4n) is 2.38. The van der Waals surface area contributed by atoms with Crippen LogP contribution in [-0.4, -0.2) is 66.7 Å². The van der Waals surface area contributed by atoms with Crippen LogP contribution in [0.2, 0.25) is 0 Å². The summed E-state index contributed by atoms with van der Waals surface area (Å²) in [4.78, 5) is 14.6. The van der Waals surface area contributed by atoms with Crippen LogP contribution in [0.3, 0.4) is 0 Å². The highest BCUT2D eigenvalue weighted by atomic mass is 19.4. The molecule has 1 aliphatic rings. The van der Waals surface area contributed by atoms with Crippen LogP contribution in [0.4, 0.5) is 13.2 Å². The zero-order valence-electron chi connectivity index (χ0n) is 12.5. The van der Waals surface area contributed by atoms with Crippen LogP contribution in [0.25, 0.3) is 0 Å². The van der Waals surface area contributed by atoms with E-state index in [0.29, 0.717) is 32.6 Å². The zero-order valence-corrected chi connectivity index (χ0v) is 12.5. The number of nitrogens with two attached hydrogens (primary N) is 2. The minimum absolute atomic E-state index is 0.440. The molecule has 21 heavy (non-hydrogen) atoms. The molecule has 1 amide bonds. The number of unbranched alkanes of at least 4 members (excludes halogenated alkanes) is 1. The third-order valence-electron chi connectivity index (χ3n) is 3.85. The molecule has 0 saturated carbocycles. The normalized spacial score (nSPS) is 21.2. The van der Waals surface area contributed by atoms with E-state index in [0.717, 1.165) is 19.4 Å². The summed E-state index contributed by atoms with van der Waals surface area (Å²) in [5.74, 6) is -0.511. The fourth-order valence-corrected chi connectivity index (χ4v) is 2.38. The number of primary amides is 1. The van der Waals surface area contributed by atoms with E-state index in [1.54, 1.807) is 6.92 Å². The van der Waals surface area contributed by atoms with Crippen LogP contribution in [0.15, 0.2) is 0 Å². The number of amides is 1. The molecule has 1 rings (SSSR count). The molecule has 0 aliphatic carbocycles. The number of carbonyl (C=O) groups is 1. The number of hydrogen-bond donors (Lipinski definition) is 2. The lowest BCUT2D eigenvalue weighted by Gasteiger charge is -2.35. The van der Waals surface area contributed by atoms with Gasteiger partial charge in [0, 0.05) is 26.2 Å². The van der Waals surface area contributed by atoms with Gasteiger partial charge in [0.1, 0.15) is 0 Å². The molecule has 1 heterocycles. The second-order valence-corrected chi connectivity index (χ2v) is 5.97. The molecular weight excluding hydrogens is 285 g/mol. The maximum absolute atomic E-state index is 12.3. The Balaban J connectivity index is 2.15. The van der Waals surface area contributed by atoms with E-state index in [1.165, 1.54) is 4.90 Å². The molecule has 0 radical (unpaired) electrons. The van der Waals surface area contributed by atoms with Crippen LogP contribution in [0.1, 0.15) is 26.2 Å². The Morgan fingerprint density at radius 1 is 1.10 bits per heavy atom. The van der Waals surface area contributed by atoms with Gasteiger partial charge in [-0.25, -0.2) is 0 Å². The standard InChI is InChI=1S/C13H25F3N4O/c1-12(18,11(17)21)4-2-3-5-19-6-8-20(9-7-19)10-13(14,15)16/h2-10,18H2,1H3,(H2,17,21). The maximum atomic E-state index is 12.3. The van der Waals surface area contributed by atoms with Gasteiger partial charge in [-0.1, -0.05) is 0 Å². The lowest BCUT2D eigenvalue weighted by molar-refractivity contribution is -0.149. The highest BCUT2D eigenvalue weighted by molar-refractivity contribution is 5.83. The predicted octanol–water partition coefficient (Wildman–Crippen LogP) is 0.539. The van der Waals surface area contributed by atoms with Crippen molar-refractivity contribution in [2.45, 2.75) is 37.9 Å². The quantitative estimate of drug-likeness (QED) is 0.673. The molecule has 5 nitrogen and oxygen atoms in total. The molecule has 8 heteroatoms. The van der Waals surface area contributed by atoms with Crippen molar-refractivity contribution < 1.29 is 18.0 Å². The number of piperazine rings is 1. The molecule has 1 atom stereocenters. The topological polar surface area (TPSA) is 75.6 Å². The maximum Gasteiger partial charge on any atom is 0.401 e. The van der Waals surface area contributed by atoms with Crippen LogP contribution < -0.4 is 11.5 Å². The third kappa shape index (κ3) is 7.10. The number of carbonyl (C=O) groups excluding carboxylic acids is 1. The Kier molecular flexibility index (Phi) is 6.42. The van der Waals surface area contributed by atoms with Crippen molar-refractivity contribution in [2.24, 2.45) is 11.5 Å². The summed E-state index contributed by atoms with van der Waals surface area (Å²) in [5, 5.41) is 0. The van der Waals surface area contributed by atoms with Gasteiger partial charge in [0.2, 0.25) is 5.91 Å². The summed E-state index contributed by atoms with van der Waals surface area (Å²) in [6, 6.07) is 0. The second kappa shape index (κ2) is 7.42. The van der Waals surface area contributed by atoms with Crippen LogP contribution in [0, 0.1) is 0 Å². The Morgan fingerprint density at radius 3 is 2.10 bits per heavy atom. The molecule has 4 N–H and O–H groups in total. The highest BCUT2D eigenvalue weighted by Crippen LogP contribution is 2.18. The number of rotatable bonds is 7. The van der Waals surface area contributed by atoms with Gasteiger partial charge < -0.3 is 16.4 Å². The molecule has 1 saturated heterocycles. The highest BCUT2D eigenvalue weighted by Gasteiger charge is 2.32. The third-order valence-corrected chi connectivity index (χ3v) is 3.85. The largest absolute Gasteiger partial charge is 0.401 e. The average molecular weight is 310 g/mol. The van der Waals surface area contributed by atoms with Gasteiger partial charge in [-0.3, -0.25) is 9.69 Å². The summed E-state index contributed by atoms with van der Waals surface area (Å²) in [7, 11) is 0. The molecule has 1 unspecified atom stereocenters. The minimum Gasteiger partial charge on any atom is -0.368 e. The lowest BCUT2D eigenvalue weighted by Crippen LogP contribution is -2.50. The van der Waals surface area contributed by atoms with E-state index in [1.807, 2.05) is 0 Å². The SMILES string of the molecule is CC(N)(CCCCN1CCN(CC(F)(F)F)CC1)C(N)=O. The van der Waals surface area contributed by atoms with Crippen molar-refractivity contribution in [3.8, 4) is 0 Å². The first-order valence-corrected chi connectivity index (χ1v) is 7.20. The van der Waals surface area contributed by atoms with Gasteiger partial charge >= 0.3 is 6.18 Å². The molecular formula is C13H25F3N4O. The van der Waals surface area contributed by atoms with Gasteiger partial charge in [-0.05, 0) is 32.7 Å². The Bertz CT molecular complexity index is 339. The number of hydrogen-bond acceptors (Lipinski definition) is 4. The summed E-state index contributed by atoms with van der Waals surface area (Å²) in [5.41, 5.74) is 9.96. The zero-order chi connectivity index (χ0) is 16.1. The van der Waals surface area contributed by atoms with Crippen molar-refractivity contribution in [1.29, 1.82) is 0 Å². The summed E-state index contributed by atoms with van der Waals surface area (Å²) < 4.78 is 36.8. The van der Waals surface area contributed by atoms with Crippen molar-refractivity contribution in [3.63, 3.8) is 0 Å². The molecule has 1 aliphatic heterocycles. The molecule has 1 fully saturated rings. The summed E-state index contributed by atoms with van der Waals surface area (Å²) >= 11 is 0. The van der Waals surface area contributed by atoms with E-state index < -0.39 is 24.2 Å². The summed E-state index contributed by atoms with van der Waals surface area (Å²) in [6.07, 6.45) is -1.96. The Labute approximate surface area is 123 Å². The van der Waals surface area contributed by atoms with Crippen LogP contribution >= 0.6 is 0 Å². The van der Waals surface area contributed by atoms with E-state index in [2.05, 4.69) is 4.90 Å². The number of halogens is 3. The lowest BCUT2D eigenvalue weighted by atomic mass is 9.95. The second-order valence-electron chi connectivity index (χ2n) is 5.97. The molecule has 0 aromatic rings. The number of alkyl halides is 3. The van der Waals surface area contributed by atoms with E-state index in [-0.39, 0.29) is 0 Å². The van der Waals surface area contributed by atoms with Gasteiger partial charge in [0.05, 0.1) is 12.1 Å². The van der Waals surface area contributed by atoms with Crippen LogP contribution in [-0.2, 0) is 4.79 Å². The van der Waals surface area contributed by atoms with Crippen molar-refractivity contribution in [2.75, 3.05) is 39.3 Å². The van der Waals surface area contributed by atoms with Crippen molar-refractivity contribution in [1.82, 2.24) is 9.80 Å². The van der Waals surface area contributed by atoms with Crippen molar-refractivity contribution >= 4 is 5.91 Å². The first kappa shape index (κ1) is 18.2. The van der Waals surface area contributed by atoms with E-state index >= 15 is 0 Å². The fraction of sp³-hybridized carbons (Fsp3) is 0.923. The first-order valence-electron chi connectivity index (χ1n) is 7.20. The van der Waals surface area contributed by atoms with Gasteiger partial charge in [-0.2, -0.15) is 13.2 Å². The van der Waals surface area contributed by atoms with Gasteiger partial charge in [0.25, 0.3) is 0 Å². The average Bonchev–Trinajstić information content (AvgIpc) is 2.34. The monoisotopic (exact) mass is 310 g/mol. The Morgan fingerprint density at radius 2 is 1.62 bits per heavy atom. The van der Waals surface area contributed by atoms with E-state index in [9.17, 15) is 18.0 Å². The summed E-state index contributed by atoms with van der Waals surface area (Å²) in [6.45, 7) is 3.77. The van der Waals surface area contributed by atoms with E-state index in [4.69, 9.17) is 11.5 Å². The van der Waals surface area contributed by atoms with Crippen molar-refractivity contribution in [3.05, 3.63) is 0 Å². The molecule has 124 valence electrons. The molecule has 0 bridgehead atoms. The molecule has 0 aromatic carbocycles. The number of nitrogens with zero attached hydrogens (tertiary/aromatic N) is 2. The first-order chi connectivity index (χ1) is 9.60. The minimum atomic E-state index is -4.12.